The molecule has 1 atom stereocenters. The summed E-state index contributed by atoms with van der Waals surface area (Å²) in [5, 5.41) is 4.15. The monoisotopic (exact) mass is 379 g/mol. The van der Waals surface area contributed by atoms with E-state index in [1.54, 1.807) is 12.1 Å². The predicted molar refractivity (Wildman–Crippen MR) is 101 cm³/mol. The van der Waals surface area contributed by atoms with E-state index in [0.717, 1.165) is 48.8 Å². The van der Waals surface area contributed by atoms with E-state index >= 15 is 0 Å². The Morgan fingerprint density at radius 2 is 2.00 bits per heavy atom. The number of sulfonamides is 1. The topological polar surface area (TPSA) is 78.5 Å². The van der Waals surface area contributed by atoms with Crippen LogP contribution in [-0.2, 0) is 10.0 Å². The third-order valence-corrected chi connectivity index (χ3v) is 6.72. The normalized spacial score (nSPS) is 25.9. The van der Waals surface area contributed by atoms with Crippen molar-refractivity contribution in [1.82, 2.24) is 10.2 Å². The van der Waals surface area contributed by atoms with E-state index < -0.39 is 10.0 Å². The first kappa shape index (κ1) is 16.8. The maximum absolute atomic E-state index is 12.6. The van der Waals surface area contributed by atoms with Crippen LogP contribution in [0.1, 0.15) is 22.5 Å². The van der Waals surface area contributed by atoms with Crippen molar-refractivity contribution in [3.8, 4) is 0 Å². The molecular weight excluding hydrogens is 358 g/mol. The summed E-state index contributed by atoms with van der Waals surface area (Å²) in [5.74, 6) is 0.562. The average Bonchev–Trinajstić information content (AvgIpc) is 2.98. The maximum atomic E-state index is 12.6. The van der Waals surface area contributed by atoms with Gasteiger partial charge in [0.15, 0.2) is 0 Å². The summed E-state index contributed by atoms with van der Waals surface area (Å²) < 4.78 is 26.1. The molecule has 134 valence electrons. The van der Waals surface area contributed by atoms with Crippen molar-refractivity contribution in [3.05, 3.63) is 29.1 Å². The van der Waals surface area contributed by atoms with Crippen molar-refractivity contribution < 1.29 is 13.2 Å². The molecule has 6 nitrogen and oxygen atoms in total. The van der Waals surface area contributed by atoms with Gasteiger partial charge in [0.05, 0.1) is 11.1 Å². The number of piperidine rings is 3. The summed E-state index contributed by atoms with van der Waals surface area (Å²) in [6.07, 6.45) is 3.45. The van der Waals surface area contributed by atoms with Gasteiger partial charge in [-0.2, -0.15) is 0 Å². The van der Waals surface area contributed by atoms with E-state index in [9.17, 15) is 13.2 Å². The first-order valence-electron chi connectivity index (χ1n) is 8.42. The minimum atomic E-state index is -3.31. The molecule has 1 aromatic carbocycles. The van der Waals surface area contributed by atoms with Gasteiger partial charge >= 0.3 is 0 Å². The standard InChI is InChI=1S/C17H21N3O3S2/c1-25(22,23)19-13-3-2-12-8-16(24-15(12)9-13)17(21)18-14-10-20-6-4-11(14)5-7-20/h2-3,8-9,11,14,19H,4-7,10H2,1H3,(H,18,21). The van der Waals surface area contributed by atoms with Crippen molar-refractivity contribution >= 4 is 43.0 Å². The number of rotatable bonds is 4. The lowest BCUT2D eigenvalue weighted by Gasteiger charge is -2.44. The molecule has 3 fully saturated rings. The minimum absolute atomic E-state index is 0.0300. The summed E-state index contributed by atoms with van der Waals surface area (Å²) in [7, 11) is -3.31. The molecule has 5 rings (SSSR count). The number of nitrogens with one attached hydrogen (secondary N) is 2. The van der Waals surface area contributed by atoms with Crippen LogP contribution in [0.3, 0.4) is 0 Å². The quantitative estimate of drug-likeness (QED) is 0.853. The van der Waals surface area contributed by atoms with Crippen LogP contribution in [-0.4, -0.2) is 51.2 Å². The molecule has 8 heteroatoms. The van der Waals surface area contributed by atoms with Crippen LogP contribution in [0, 0.1) is 5.92 Å². The lowest BCUT2D eigenvalue weighted by Crippen LogP contribution is -2.57. The summed E-state index contributed by atoms with van der Waals surface area (Å²) in [5.41, 5.74) is 0.515. The molecule has 2 N–H and O–H groups in total. The fraction of sp³-hybridized carbons (Fsp3) is 0.471. The number of benzene rings is 1. The Bertz CT molecular complexity index is 914. The van der Waals surface area contributed by atoms with Gasteiger partial charge in [-0.1, -0.05) is 6.07 Å². The van der Waals surface area contributed by atoms with Gasteiger partial charge in [-0.05, 0) is 55.4 Å². The van der Waals surface area contributed by atoms with Crippen molar-refractivity contribution in [1.29, 1.82) is 0 Å². The first-order valence-corrected chi connectivity index (χ1v) is 11.1. The summed E-state index contributed by atoms with van der Waals surface area (Å²) >= 11 is 1.39. The second kappa shape index (κ2) is 6.26. The van der Waals surface area contributed by atoms with Gasteiger partial charge in [0.25, 0.3) is 5.91 Å². The SMILES string of the molecule is CS(=O)(=O)Nc1ccc2cc(C(=O)NC3CN4CCC3CC4)sc2c1. The maximum Gasteiger partial charge on any atom is 0.261 e. The number of amides is 1. The lowest BCUT2D eigenvalue weighted by atomic mass is 9.84. The molecule has 25 heavy (non-hydrogen) atoms. The van der Waals surface area contributed by atoms with E-state index in [1.165, 1.54) is 11.3 Å². The van der Waals surface area contributed by atoms with Crippen LogP contribution in [0.15, 0.2) is 24.3 Å². The van der Waals surface area contributed by atoms with Crippen molar-refractivity contribution in [2.24, 2.45) is 5.92 Å². The summed E-state index contributed by atoms with van der Waals surface area (Å²) in [6.45, 7) is 3.25. The van der Waals surface area contributed by atoms with Gasteiger partial charge in [-0.3, -0.25) is 9.52 Å². The smallest absolute Gasteiger partial charge is 0.261 e. The number of hydrogen-bond donors (Lipinski definition) is 2. The third-order valence-electron chi connectivity index (χ3n) is 5.02. The van der Waals surface area contributed by atoms with Crippen molar-refractivity contribution in [2.75, 3.05) is 30.6 Å². The van der Waals surface area contributed by atoms with Crippen molar-refractivity contribution in [2.45, 2.75) is 18.9 Å². The highest BCUT2D eigenvalue weighted by molar-refractivity contribution is 7.92. The molecule has 0 radical (unpaired) electrons. The fourth-order valence-electron chi connectivity index (χ4n) is 3.79. The number of fused-ring (bicyclic) bond motifs is 4. The number of carbonyl (C=O) groups is 1. The van der Waals surface area contributed by atoms with Crippen molar-refractivity contribution in [3.63, 3.8) is 0 Å². The molecule has 2 aromatic rings. The molecule has 4 heterocycles. The predicted octanol–water partition coefficient (Wildman–Crippen LogP) is 2.10. The molecule has 0 spiro atoms. The van der Waals surface area contributed by atoms with Crippen LogP contribution in [0.4, 0.5) is 5.69 Å². The van der Waals surface area contributed by atoms with E-state index in [4.69, 9.17) is 0 Å². The fourth-order valence-corrected chi connectivity index (χ4v) is 5.35. The minimum Gasteiger partial charge on any atom is -0.347 e. The lowest BCUT2D eigenvalue weighted by molar-refractivity contribution is 0.0622. The number of hydrogen-bond acceptors (Lipinski definition) is 5. The second-order valence-corrected chi connectivity index (χ2v) is 9.79. The second-order valence-electron chi connectivity index (χ2n) is 6.96. The van der Waals surface area contributed by atoms with Crippen LogP contribution < -0.4 is 10.0 Å². The molecule has 3 aliphatic rings. The van der Waals surface area contributed by atoms with Gasteiger partial charge in [0.1, 0.15) is 0 Å². The van der Waals surface area contributed by atoms with E-state index in [-0.39, 0.29) is 11.9 Å². The van der Waals surface area contributed by atoms with Crippen LogP contribution >= 0.6 is 11.3 Å². The molecule has 1 aromatic heterocycles. The van der Waals surface area contributed by atoms with Crippen LogP contribution in [0.2, 0.25) is 0 Å². The summed E-state index contributed by atoms with van der Waals surface area (Å²) in [6, 6.07) is 7.44. The number of anilines is 1. The molecule has 1 unspecified atom stereocenters. The highest BCUT2D eigenvalue weighted by Crippen LogP contribution is 2.30. The largest absolute Gasteiger partial charge is 0.347 e. The molecule has 1 amide bonds. The Labute approximate surface area is 151 Å². The molecule has 2 bridgehead atoms. The zero-order valence-corrected chi connectivity index (χ0v) is 15.6. The van der Waals surface area contributed by atoms with Gasteiger partial charge in [0.2, 0.25) is 10.0 Å². The highest BCUT2D eigenvalue weighted by atomic mass is 32.2. The van der Waals surface area contributed by atoms with Gasteiger partial charge < -0.3 is 10.2 Å². The molecule has 3 aliphatic heterocycles. The average molecular weight is 380 g/mol. The van der Waals surface area contributed by atoms with E-state index in [0.29, 0.717) is 16.5 Å². The Morgan fingerprint density at radius 3 is 2.64 bits per heavy atom. The Hall–Kier alpha value is -1.64. The Morgan fingerprint density at radius 1 is 1.24 bits per heavy atom. The molecule has 0 saturated carbocycles. The number of thiophene rings is 1. The highest BCUT2D eigenvalue weighted by Gasteiger charge is 2.35. The third kappa shape index (κ3) is 3.65. The van der Waals surface area contributed by atoms with E-state index in [1.807, 2.05) is 12.1 Å². The van der Waals surface area contributed by atoms with E-state index in [2.05, 4.69) is 14.9 Å². The van der Waals surface area contributed by atoms with Crippen LogP contribution in [0.25, 0.3) is 10.1 Å². The number of carbonyl (C=O) groups excluding carboxylic acids is 1. The zero-order valence-electron chi connectivity index (χ0n) is 14.0. The van der Waals surface area contributed by atoms with Crippen LogP contribution in [0.5, 0.6) is 0 Å². The molecule has 3 saturated heterocycles. The first-order chi connectivity index (χ1) is 11.9. The van der Waals surface area contributed by atoms with Gasteiger partial charge in [0, 0.05) is 23.0 Å². The number of nitrogens with zero attached hydrogens (tertiary/aromatic N) is 1. The zero-order chi connectivity index (χ0) is 17.6. The Balaban J connectivity index is 1.52. The molecule has 0 aliphatic carbocycles. The van der Waals surface area contributed by atoms with Gasteiger partial charge in [-0.15, -0.1) is 11.3 Å². The summed E-state index contributed by atoms with van der Waals surface area (Å²) in [4.78, 5) is 15.7. The Kier molecular flexibility index (Phi) is 4.21. The van der Waals surface area contributed by atoms with Gasteiger partial charge in [-0.25, -0.2) is 8.42 Å². The molecular formula is C17H21N3O3S2.